The zero-order valence-electron chi connectivity index (χ0n) is 22.8. The molecule has 1 N–H and O–H groups in total. The molecule has 210 valence electrons. The van der Waals surface area contributed by atoms with E-state index in [2.05, 4.69) is 22.2 Å². The van der Waals surface area contributed by atoms with Crippen molar-refractivity contribution in [3.63, 3.8) is 0 Å². The summed E-state index contributed by atoms with van der Waals surface area (Å²) in [6, 6.07) is 13.1. The lowest BCUT2D eigenvalue weighted by molar-refractivity contribution is -0.132. The molecule has 0 spiro atoms. The summed E-state index contributed by atoms with van der Waals surface area (Å²) in [5.74, 6) is 3.67. The van der Waals surface area contributed by atoms with Crippen LogP contribution in [0.4, 0.5) is 10.5 Å². The van der Waals surface area contributed by atoms with Crippen molar-refractivity contribution in [1.29, 1.82) is 0 Å². The standard InChI is InChI=1S/C29H38N4O5S/c1-3-16-37-27-20-23(7-11-26(27)36-2)25-10-12-28(34)33(31-25)21-22-5-8-24(9-6-22)30-29(35)38-17-4-13-32-14-18-39-19-15-32/h5-9,11,20H,3-4,10,12-19,21H2,1-2H3,(H,30,35). The molecule has 0 bridgehead atoms. The average Bonchev–Trinajstić information content (AvgIpc) is 2.97. The number of nitrogens with zero attached hydrogens (tertiary/aromatic N) is 3. The van der Waals surface area contributed by atoms with Crippen LogP contribution in [-0.4, -0.2) is 79.1 Å². The number of rotatable bonds is 12. The molecule has 2 amide bonds. The largest absolute Gasteiger partial charge is 0.493 e. The van der Waals surface area contributed by atoms with E-state index in [4.69, 9.17) is 14.2 Å². The van der Waals surface area contributed by atoms with Crippen LogP contribution in [0.3, 0.4) is 0 Å². The molecule has 9 nitrogen and oxygen atoms in total. The molecule has 0 aliphatic carbocycles. The summed E-state index contributed by atoms with van der Waals surface area (Å²) < 4.78 is 16.6. The van der Waals surface area contributed by atoms with E-state index < -0.39 is 6.09 Å². The number of amides is 2. The lowest BCUT2D eigenvalue weighted by Crippen LogP contribution is -2.34. The molecule has 2 aliphatic heterocycles. The highest BCUT2D eigenvalue weighted by atomic mass is 32.2. The third-order valence-corrected chi connectivity index (χ3v) is 7.49. The summed E-state index contributed by atoms with van der Waals surface area (Å²) in [6.07, 6.45) is 2.21. The minimum atomic E-state index is -0.459. The Labute approximate surface area is 234 Å². The summed E-state index contributed by atoms with van der Waals surface area (Å²) in [6.45, 7) is 6.55. The van der Waals surface area contributed by atoms with Gasteiger partial charge in [-0.15, -0.1) is 0 Å². The molecule has 2 aromatic rings. The topological polar surface area (TPSA) is 92.7 Å². The van der Waals surface area contributed by atoms with Gasteiger partial charge in [0.15, 0.2) is 11.5 Å². The van der Waals surface area contributed by atoms with Crippen molar-refractivity contribution >= 4 is 35.2 Å². The molecule has 1 saturated heterocycles. The number of hydrogen-bond donors (Lipinski definition) is 1. The molecule has 0 aromatic heterocycles. The normalized spacial score (nSPS) is 16.0. The van der Waals surface area contributed by atoms with Gasteiger partial charge in [-0.2, -0.15) is 16.9 Å². The number of nitrogens with one attached hydrogen (secondary N) is 1. The molecule has 2 heterocycles. The Morgan fingerprint density at radius 1 is 1.05 bits per heavy atom. The number of hydrogen-bond acceptors (Lipinski definition) is 8. The molecule has 0 saturated carbocycles. The van der Waals surface area contributed by atoms with Gasteiger partial charge in [0.2, 0.25) is 5.91 Å². The minimum absolute atomic E-state index is 0.0243. The van der Waals surface area contributed by atoms with Crippen molar-refractivity contribution in [2.24, 2.45) is 5.10 Å². The molecular formula is C29H38N4O5S. The van der Waals surface area contributed by atoms with E-state index in [1.165, 1.54) is 16.5 Å². The molecule has 4 rings (SSSR count). The molecule has 0 radical (unpaired) electrons. The van der Waals surface area contributed by atoms with E-state index in [-0.39, 0.29) is 5.91 Å². The third kappa shape index (κ3) is 8.63. The Bertz CT molecular complexity index is 1130. The maximum atomic E-state index is 12.6. The van der Waals surface area contributed by atoms with Crippen LogP contribution in [0.5, 0.6) is 11.5 Å². The monoisotopic (exact) mass is 554 g/mol. The van der Waals surface area contributed by atoms with Gasteiger partial charge in [0.05, 0.1) is 32.6 Å². The molecular weight excluding hydrogens is 516 g/mol. The second-order valence-electron chi connectivity index (χ2n) is 9.48. The van der Waals surface area contributed by atoms with Crippen molar-refractivity contribution in [3.8, 4) is 11.5 Å². The summed E-state index contributed by atoms with van der Waals surface area (Å²) >= 11 is 1.99. The number of anilines is 1. The highest BCUT2D eigenvalue weighted by molar-refractivity contribution is 7.99. The molecule has 39 heavy (non-hydrogen) atoms. The quantitative estimate of drug-likeness (QED) is 0.369. The van der Waals surface area contributed by atoms with Gasteiger partial charge >= 0.3 is 6.09 Å². The lowest BCUT2D eigenvalue weighted by atomic mass is 10.0. The molecule has 2 aliphatic rings. The van der Waals surface area contributed by atoms with Crippen LogP contribution in [0.25, 0.3) is 0 Å². The fourth-order valence-electron chi connectivity index (χ4n) is 4.41. The Balaban J connectivity index is 1.29. The second-order valence-corrected chi connectivity index (χ2v) is 10.7. The van der Waals surface area contributed by atoms with Crippen LogP contribution in [0.1, 0.15) is 43.7 Å². The second kappa shape index (κ2) is 14.8. The van der Waals surface area contributed by atoms with Crippen LogP contribution >= 0.6 is 11.8 Å². The molecule has 0 unspecified atom stereocenters. The van der Waals surface area contributed by atoms with Crippen molar-refractivity contribution < 1.29 is 23.8 Å². The van der Waals surface area contributed by atoms with Gasteiger partial charge in [-0.25, -0.2) is 9.80 Å². The summed E-state index contributed by atoms with van der Waals surface area (Å²) in [4.78, 5) is 27.2. The van der Waals surface area contributed by atoms with Gasteiger partial charge in [-0.05, 0) is 48.7 Å². The minimum Gasteiger partial charge on any atom is -0.493 e. The molecule has 0 atom stereocenters. The van der Waals surface area contributed by atoms with E-state index in [1.54, 1.807) is 7.11 Å². The van der Waals surface area contributed by atoms with Crippen LogP contribution in [0.2, 0.25) is 0 Å². The van der Waals surface area contributed by atoms with E-state index in [0.717, 1.165) is 49.3 Å². The molecule has 10 heteroatoms. The third-order valence-electron chi connectivity index (χ3n) is 6.55. The van der Waals surface area contributed by atoms with Crippen molar-refractivity contribution in [1.82, 2.24) is 9.91 Å². The number of hydrazone groups is 1. The smallest absolute Gasteiger partial charge is 0.411 e. The van der Waals surface area contributed by atoms with Crippen LogP contribution in [0, 0.1) is 0 Å². The van der Waals surface area contributed by atoms with Crippen molar-refractivity contribution in [2.75, 3.05) is 56.8 Å². The highest BCUT2D eigenvalue weighted by Gasteiger charge is 2.22. The van der Waals surface area contributed by atoms with E-state index in [1.807, 2.05) is 54.2 Å². The summed E-state index contributed by atoms with van der Waals surface area (Å²) in [5, 5.41) is 8.94. The van der Waals surface area contributed by atoms with Crippen LogP contribution < -0.4 is 14.8 Å². The predicted molar refractivity (Wildman–Crippen MR) is 155 cm³/mol. The van der Waals surface area contributed by atoms with Gasteiger partial charge in [0.25, 0.3) is 0 Å². The van der Waals surface area contributed by atoms with Crippen molar-refractivity contribution in [3.05, 3.63) is 53.6 Å². The number of thioether (sulfide) groups is 1. The zero-order valence-corrected chi connectivity index (χ0v) is 23.6. The van der Waals surface area contributed by atoms with Crippen LogP contribution in [0.15, 0.2) is 47.6 Å². The Morgan fingerprint density at radius 3 is 2.59 bits per heavy atom. The predicted octanol–water partition coefficient (Wildman–Crippen LogP) is 5.00. The number of methoxy groups -OCH3 is 1. The van der Waals surface area contributed by atoms with Gasteiger partial charge in [0, 0.05) is 55.2 Å². The molecule has 1 fully saturated rings. The lowest BCUT2D eigenvalue weighted by Gasteiger charge is -2.25. The highest BCUT2D eigenvalue weighted by Crippen LogP contribution is 2.30. The first-order valence-corrected chi connectivity index (χ1v) is 14.7. The van der Waals surface area contributed by atoms with Crippen LogP contribution in [-0.2, 0) is 16.1 Å². The average molecular weight is 555 g/mol. The maximum absolute atomic E-state index is 12.6. The summed E-state index contributed by atoms with van der Waals surface area (Å²) in [7, 11) is 1.62. The first-order valence-electron chi connectivity index (χ1n) is 13.6. The number of carbonyl (C=O) groups is 2. The summed E-state index contributed by atoms with van der Waals surface area (Å²) in [5.41, 5.74) is 3.30. The van der Waals surface area contributed by atoms with E-state index in [9.17, 15) is 9.59 Å². The van der Waals surface area contributed by atoms with Gasteiger partial charge < -0.3 is 19.1 Å². The van der Waals surface area contributed by atoms with E-state index in [0.29, 0.717) is 49.8 Å². The Hall–Kier alpha value is -3.24. The SMILES string of the molecule is CCCOc1cc(C2=NN(Cc3ccc(NC(=O)OCCCN4CCSCC4)cc3)C(=O)CC2)ccc1OC. The maximum Gasteiger partial charge on any atom is 0.411 e. The van der Waals surface area contributed by atoms with E-state index >= 15 is 0 Å². The fourth-order valence-corrected chi connectivity index (χ4v) is 5.39. The van der Waals surface area contributed by atoms with Crippen molar-refractivity contribution in [2.45, 2.75) is 39.2 Å². The Morgan fingerprint density at radius 2 is 1.85 bits per heavy atom. The number of ether oxygens (including phenoxy) is 3. The fraction of sp³-hybridized carbons (Fsp3) is 0.483. The first kappa shape index (κ1) is 28.8. The first-order chi connectivity index (χ1) is 19.1. The van der Waals surface area contributed by atoms with Gasteiger partial charge in [0.1, 0.15) is 0 Å². The number of carbonyl (C=O) groups excluding carboxylic acids is 2. The zero-order chi connectivity index (χ0) is 27.5. The van der Waals surface area contributed by atoms with Gasteiger partial charge in [-0.3, -0.25) is 10.1 Å². The number of benzene rings is 2. The Kier molecular flexibility index (Phi) is 10.9. The van der Waals surface area contributed by atoms with Gasteiger partial charge in [-0.1, -0.05) is 19.1 Å². The molecule has 2 aromatic carbocycles.